The molecule has 2 aromatic carbocycles. The number of phenols is 1. The zero-order valence-corrected chi connectivity index (χ0v) is 21.1. The number of benzene rings is 2. The van der Waals surface area contributed by atoms with Crippen molar-refractivity contribution in [2.24, 2.45) is 7.05 Å². The molecule has 180 valence electrons. The van der Waals surface area contributed by atoms with Crippen LogP contribution >= 0.6 is 27.5 Å². The van der Waals surface area contributed by atoms with E-state index >= 15 is 0 Å². The minimum atomic E-state index is -0.903. The number of halogens is 2. The number of rotatable bonds is 6. The third-order valence-corrected chi connectivity index (χ3v) is 6.66. The van der Waals surface area contributed by atoms with E-state index in [0.29, 0.717) is 21.3 Å². The average Bonchev–Trinajstić information content (AvgIpc) is 2.87. The van der Waals surface area contributed by atoms with Crippen molar-refractivity contribution in [1.82, 2.24) is 14.6 Å². The molecular weight excluding hydrogens is 542 g/mol. The van der Waals surface area contributed by atoms with Crippen LogP contribution in [0.15, 0.2) is 45.7 Å². The molecule has 3 aromatic rings. The Labute approximate surface area is 213 Å². The Bertz CT molecular complexity index is 1420. The summed E-state index contributed by atoms with van der Waals surface area (Å²) in [6.07, 6.45) is 0. The number of nitrogens with one attached hydrogen (secondary N) is 1. The van der Waals surface area contributed by atoms with Crippen LogP contribution in [-0.4, -0.2) is 45.2 Å². The van der Waals surface area contributed by atoms with Crippen LogP contribution in [0.25, 0.3) is 11.3 Å². The molecule has 0 spiro atoms. The number of aromatic hydroxyl groups is 1. The number of ether oxygens (including phenoxy) is 2. The zero-order valence-electron chi connectivity index (χ0n) is 18.7. The largest absolute Gasteiger partial charge is 0.503 e. The number of carbonyl (C=O) groups excluding carboxylic acids is 1. The van der Waals surface area contributed by atoms with Gasteiger partial charge in [0.25, 0.3) is 11.5 Å². The maximum atomic E-state index is 12.9. The summed E-state index contributed by atoms with van der Waals surface area (Å²) >= 11 is 9.60. The van der Waals surface area contributed by atoms with Gasteiger partial charge in [-0.1, -0.05) is 0 Å². The van der Waals surface area contributed by atoms with Gasteiger partial charge in [-0.25, -0.2) is 9.99 Å². The lowest BCUT2D eigenvalue weighted by atomic mass is 9.95. The summed E-state index contributed by atoms with van der Waals surface area (Å²) in [4.78, 5) is 30.1. The Balaban J connectivity index is 1.76. The van der Waals surface area contributed by atoms with Crippen LogP contribution < -0.4 is 20.5 Å². The Kier molecular flexibility index (Phi) is 6.60. The van der Waals surface area contributed by atoms with Gasteiger partial charge in [0.2, 0.25) is 5.95 Å². The molecule has 0 bridgehead atoms. The molecule has 2 unspecified atom stereocenters. The molecular formula is C23H19BrClN5O5. The molecule has 1 fully saturated rings. The van der Waals surface area contributed by atoms with Gasteiger partial charge in [0, 0.05) is 12.6 Å². The number of phenolic OH excluding ortho intramolecular Hbond substituents is 1. The van der Waals surface area contributed by atoms with E-state index in [-0.39, 0.29) is 28.7 Å². The van der Waals surface area contributed by atoms with Crippen LogP contribution in [0, 0.1) is 11.3 Å². The molecule has 1 saturated heterocycles. The van der Waals surface area contributed by atoms with Crippen LogP contribution in [0.1, 0.15) is 17.2 Å². The summed E-state index contributed by atoms with van der Waals surface area (Å²) < 4.78 is 11.9. The number of aromatic nitrogens is 2. The number of amides is 1. The Morgan fingerprint density at radius 1 is 1.20 bits per heavy atom. The molecule has 0 saturated carbocycles. The Hall–Kier alpha value is -3.75. The second kappa shape index (κ2) is 9.48. The molecule has 1 aliphatic heterocycles. The highest BCUT2D eigenvalue weighted by molar-refractivity contribution is 9.10. The number of alkyl halides is 1. The van der Waals surface area contributed by atoms with Crippen molar-refractivity contribution < 1.29 is 19.4 Å². The number of anilines is 1. The molecule has 2 atom stereocenters. The van der Waals surface area contributed by atoms with Crippen LogP contribution in [0.5, 0.6) is 17.2 Å². The second-order valence-corrected chi connectivity index (χ2v) is 8.91. The van der Waals surface area contributed by atoms with E-state index in [4.69, 9.17) is 21.1 Å². The summed E-state index contributed by atoms with van der Waals surface area (Å²) in [5.74, 6) is 0.305. The van der Waals surface area contributed by atoms with E-state index in [1.807, 2.05) is 6.07 Å². The van der Waals surface area contributed by atoms with Gasteiger partial charge in [-0.05, 0) is 57.9 Å². The van der Waals surface area contributed by atoms with E-state index in [9.17, 15) is 20.0 Å². The van der Waals surface area contributed by atoms with Crippen molar-refractivity contribution in [2.75, 3.05) is 19.6 Å². The number of nitriles is 1. The van der Waals surface area contributed by atoms with E-state index in [0.717, 1.165) is 4.57 Å². The maximum absolute atomic E-state index is 12.9. The van der Waals surface area contributed by atoms with E-state index in [2.05, 4.69) is 26.3 Å². The van der Waals surface area contributed by atoms with Gasteiger partial charge in [0.05, 0.1) is 24.4 Å². The summed E-state index contributed by atoms with van der Waals surface area (Å²) in [7, 11) is 4.37. The lowest BCUT2D eigenvalue weighted by Gasteiger charge is -2.44. The number of β-lactam (4-membered cyclic amide) rings is 1. The minimum Gasteiger partial charge on any atom is -0.503 e. The molecule has 2 N–H and O–H groups in total. The van der Waals surface area contributed by atoms with E-state index < -0.39 is 22.9 Å². The number of carbonyl (C=O) groups is 1. The molecule has 1 aromatic heterocycles. The van der Waals surface area contributed by atoms with Crippen LogP contribution in [0.4, 0.5) is 5.95 Å². The SMILES string of the molecule is COc1ccc(-c2nc(NN3C(=O)C(Cl)C3c3cc(Br)c(O)c(OC)c3)n(C)c(=O)c2C#N)cc1. The smallest absolute Gasteiger partial charge is 0.273 e. The first-order chi connectivity index (χ1) is 16.7. The highest BCUT2D eigenvalue weighted by Gasteiger charge is 2.48. The number of methoxy groups -OCH3 is 2. The number of hydrogen-bond acceptors (Lipinski definition) is 8. The molecule has 12 heteroatoms. The molecule has 1 aliphatic rings. The summed E-state index contributed by atoms with van der Waals surface area (Å²) in [5.41, 5.74) is 3.40. The van der Waals surface area contributed by atoms with Crippen molar-refractivity contribution in [2.45, 2.75) is 11.4 Å². The average molecular weight is 561 g/mol. The summed E-state index contributed by atoms with van der Waals surface area (Å²) in [5, 5.41) is 20.1. The number of hydrogen-bond donors (Lipinski definition) is 2. The van der Waals surface area contributed by atoms with Crippen molar-refractivity contribution in [3.8, 4) is 34.6 Å². The maximum Gasteiger partial charge on any atom is 0.273 e. The highest BCUT2D eigenvalue weighted by Crippen LogP contribution is 2.44. The van der Waals surface area contributed by atoms with Crippen LogP contribution in [0.3, 0.4) is 0 Å². The lowest BCUT2D eigenvalue weighted by Crippen LogP contribution is -2.59. The second-order valence-electron chi connectivity index (χ2n) is 7.58. The van der Waals surface area contributed by atoms with Gasteiger partial charge >= 0.3 is 0 Å². The predicted molar refractivity (Wildman–Crippen MR) is 131 cm³/mol. The first-order valence-corrected chi connectivity index (χ1v) is 11.4. The van der Waals surface area contributed by atoms with E-state index in [1.165, 1.54) is 26.3 Å². The lowest BCUT2D eigenvalue weighted by molar-refractivity contribution is -0.143. The fraction of sp³-hybridized carbons (Fsp3) is 0.217. The molecule has 2 heterocycles. The Morgan fingerprint density at radius 2 is 1.89 bits per heavy atom. The third-order valence-electron chi connectivity index (χ3n) is 5.63. The molecule has 4 rings (SSSR count). The monoisotopic (exact) mass is 559 g/mol. The molecule has 10 nitrogen and oxygen atoms in total. The van der Waals surface area contributed by atoms with Crippen molar-refractivity contribution >= 4 is 39.4 Å². The van der Waals surface area contributed by atoms with Gasteiger partial charge in [-0.3, -0.25) is 19.6 Å². The fourth-order valence-corrected chi connectivity index (χ4v) is 4.51. The summed E-state index contributed by atoms with van der Waals surface area (Å²) in [6.45, 7) is 0. The molecule has 0 aliphatic carbocycles. The molecule has 35 heavy (non-hydrogen) atoms. The van der Waals surface area contributed by atoms with Gasteiger partial charge in [0.15, 0.2) is 11.5 Å². The van der Waals surface area contributed by atoms with Gasteiger partial charge in [0.1, 0.15) is 28.8 Å². The van der Waals surface area contributed by atoms with Crippen molar-refractivity contribution in [3.05, 3.63) is 62.4 Å². The highest BCUT2D eigenvalue weighted by atomic mass is 79.9. The van der Waals surface area contributed by atoms with Gasteiger partial charge in [-0.15, -0.1) is 11.6 Å². The third kappa shape index (κ3) is 4.15. The normalized spacial score (nSPS) is 16.9. The van der Waals surface area contributed by atoms with Crippen LogP contribution in [-0.2, 0) is 11.8 Å². The minimum absolute atomic E-state index is 0.0338. The topological polar surface area (TPSA) is 130 Å². The molecule has 0 radical (unpaired) electrons. The number of nitrogens with zero attached hydrogens (tertiary/aromatic N) is 4. The first kappa shape index (κ1) is 24.4. The standard InChI is InChI=1S/C23H19BrClN5O5/c1-29-21(32)14(10-26)18(11-4-6-13(34-2)7-5-11)27-23(29)28-30-19(17(25)22(30)33)12-8-15(24)20(31)16(9-12)35-3/h4-9,17,19,31H,1-3H3,(H,27,28). The van der Waals surface area contributed by atoms with E-state index in [1.54, 1.807) is 36.4 Å². The first-order valence-electron chi connectivity index (χ1n) is 10.2. The predicted octanol–water partition coefficient (Wildman–Crippen LogP) is 3.32. The number of hydrazine groups is 1. The van der Waals surface area contributed by atoms with Crippen molar-refractivity contribution in [3.63, 3.8) is 0 Å². The van der Waals surface area contributed by atoms with Gasteiger partial charge in [-0.2, -0.15) is 5.26 Å². The fourth-order valence-electron chi connectivity index (χ4n) is 3.68. The summed E-state index contributed by atoms with van der Waals surface area (Å²) in [6, 6.07) is 11.2. The zero-order chi connectivity index (χ0) is 25.4. The van der Waals surface area contributed by atoms with Crippen molar-refractivity contribution in [1.29, 1.82) is 5.26 Å². The molecule has 1 amide bonds. The van der Waals surface area contributed by atoms with Gasteiger partial charge < -0.3 is 14.6 Å². The van der Waals surface area contributed by atoms with Crippen LogP contribution in [0.2, 0.25) is 0 Å². The Morgan fingerprint density at radius 3 is 2.49 bits per heavy atom. The quantitative estimate of drug-likeness (QED) is 0.347.